The molecule has 0 aromatic heterocycles. The average molecular weight is 584 g/mol. The normalized spacial score (nSPS) is 23.1. The molecule has 2 saturated carbocycles. The predicted molar refractivity (Wildman–Crippen MR) is 134 cm³/mol. The van der Waals surface area contributed by atoms with E-state index < -0.39 is 54.8 Å². The summed E-state index contributed by atoms with van der Waals surface area (Å²) in [5.74, 6) is -1.99. The fourth-order valence-electron chi connectivity index (χ4n) is 5.08. The molecule has 0 bridgehead atoms. The van der Waals surface area contributed by atoms with E-state index in [0.717, 1.165) is 45.1 Å². The van der Waals surface area contributed by atoms with E-state index in [2.05, 4.69) is 0 Å². The smallest absolute Gasteiger partial charge is 0.428 e. The number of benzene rings is 2. The van der Waals surface area contributed by atoms with Crippen LogP contribution < -0.4 is 9.04 Å². The number of esters is 1. The van der Waals surface area contributed by atoms with Gasteiger partial charge in [0.05, 0.1) is 44.3 Å². The number of hydrogen-bond acceptors (Lipinski definition) is 10. The fourth-order valence-corrected chi connectivity index (χ4v) is 7.13. The van der Waals surface area contributed by atoms with Crippen molar-refractivity contribution < 1.29 is 49.2 Å². The molecule has 0 N–H and O–H groups in total. The molecule has 210 valence electrons. The molecule has 0 spiro atoms. The lowest BCUT2D eigenvalue weighted by molar-refractivity contribution is 0.0596. The molecule has 2 fully saturated rings. The predicted octanol–water partition coefficient (Wildman–Crippen LogP) is 3.15. The molecule has 5 rings (SSSR count). The van der Waals surface area contributed by atoms with E-state index in [1.54, 1.807) is 6.07 Å². The van der Waals surface area contributed by atoms with Crippen LogP contribution in [-0.4, -0.2) is 62.6 Å². The van der Waals surface area contributed by atoms with Crippen LogP contribution in [0.3, 0.4) is 0 Å². The number of halogens is 1. The molecule has 1 aliphatic heterocycles. The Morgan fingerprint density at radius 2 is 1.77 bits per heavy atom. The summed E-state index contributed by atoms with van der Waals surface area (Å²) in [4.78, 5) is 25.6. The van der Waals surface area contributed by atoms with Gasteiger partial charge in [-0.05, 0) is 66.0 Å². The van der Waals surface area contributed by atoms with Crippen LogP contribution in [0.5, 0.6) is 5.75 Å². The lowest BCUT2D eigenvalue weighted by Gasteiger charge is -2.27. The molecule has 39 heavy (non-hydrogen) atoms. The van der Waals surface area contributed by atoms with Crippen LogP contribution >= 0.6 is 0 Å². The highest BCUT2D eigenvalue weighted by Gasteiger charge is 2.48. The highest BCUT2D eigenvalue weighted by molar-refractivity contribution is 7.93. The molecular formula is C25H26FNO10S2. The van der Waals surface area contributed by atoms with Crippen molar-refractivity contribution in [3.63, 3.8) is 0 Å². The molecule has 14 heteroatoms. The van der Waals surface area contributed by atoms with Gasteiger partial charge in [-0.25, -0.2) is 22.4 Å². The Morgan fingerprint density at radius 3 is 2.44 bits per heavy atom. The van der Waals surface area contributed by atoms with Gasteiger partial charge in [-0.3, -0.25) is 4.18 Å². The minimum Gasteiger partial charge on any atom is -0.492 e. The zero-order valence-electron chi connectivity index (χ0n) is 21.2. The summed E-state index contributed by atoms with van der Waals surface area (Å²) >= 11 is 0. The van der Waals surface area contributed by atoms with Gasteiger partial charge in [0.1, 0.15) is 17.1 Å². The molecule has 0 unspecified atom stereocenters. The number of carbonyl (C=O) groups is 2. The lowest BCUT2D eigenvalue weighted by Crippen LogP contribution is -2.38. The van der Waals surface area contributed by atoms with E-state index in [-0.39, 0.29) is 35.1 Å². The average Bonchev–Trinajstić information content (AvgIpc) is 3.80. The van der Waals surface area contributed by atoms with Crippen molar-refractivity contribution >= 4 is 37.9 Å². The first-order valence-corrected chi connectivity index (χ1v) is 15.3. The summed E-state index contributed by atoms with van der Waals surface area (Å²) in [6.45, 7) is 0.119. The second-order valence-corrected chi connectivity index (χ2v) is 13.2. The first-order chi connectivity index (χ1) is 18.4. The first kappa shape index (κ1) is 27.3. The van der Waals surface area contributed by atoms with Crippen molar-refractivity contribution in [2.45, 2.75) is 29.6 Å². The van der Waals surface area contributed by atoms with Crippen molar-refractivity contribution in [1.82, 2.24) is 0 Å². The Bertz CT molecular complexity index is 1570. The zero-order chi connectivity index (χ0) is 28.3. The molecule has 4 atom stereocenters. The Labute approximate surface area is 225 Å². The maximum Gasteiger partial charge on any atom is 0.428 e. The SMILES string of the molecule is COC(=O)c1c(N(C(=O)OC)S(=O)(=O)c2ccc(F)cc2[C@@H]2C[C@@H]2COS(C)(=O)=O)ccc2c1OC[C@@H]1C[C@H]21. The van der Waals surface area contributed by atoms with Crippen LogP contribution in [0.1, 0.15) is 46.2 Å². The molecule has 2 aromatic carbocycles. The van der Waals surface area contributed by atoms with Crippen molar-refractivity contribution in [3.8, 4) is 5.75 Å². The quantitative estimate of drug-likeness (QED) is 0.336. The number of hydrogen-bond donors (Lipinski definition) is 0. The van der Waals surface area contributed by atoms with E-state index in [4.69, 9.17) is 18.4 Å². The fraction of sp³-hybridized carbons (Fsp3) is 0.440. The molecule has 1 heterocycles. The number of methoxy groups -OCH3 is 2. The number of anilines is 1. The third-order valence-corrected chi connectivity index (χ3v) is 9.51. The summed E-state index contributed by atoms with van der Waals surface area (Å²) in [6.07, 6.45) is 0.767. The molecule has 2 aromatic rings. The molecule has 3 aliphatic rings. The molecule has 0 saturated heterocycles. The van der Waals surface area contributed by atoms with E-state index in [9.17, 15) is 30.8 Å². The third-order valence-electron chi connectivity index (χ3n) is 7.19. The number of fused-ring (bicyclic) bond motifs is 3. The monoisotopic (exact) mass is 583 g/mol. The summed E-state index contributed by atoms with van der Waals surface area (Å²) in [5, 5.41) is 0. The summed E-state index contributed by atoms with van der Waals surface area (Å²) in [6, 6.07) is 5.91. The Balaban J connectivity index is 1.61. The number of ether oxygens (including phenoxy) is 3. The molecule has 11 nitrogen and oxygen atoms in total. The number of rotatable bonds is 8. The van der Waals surface area contributed by atoms with E-state index in [1.165, 1.54) is 6.07 Å². The lowest BCUT2D eigenvalue weighted by atomic mass is 10.00. The molecule has 1 amide bonds. The van der Waals surface area contributed by atoms with Gasteiger partial charge in [0.25, 0.3) is 20.1 Å². The van der Waals surface area contributed by atoms with E-state index >= 15 is 0 Å². The van der Waals surface area contributed by atoms with Crippen LogP contribution in [0, 0.1) is 17.7 Å². The van der Waals surface area contributed by atoms with E-state index in [1.807, 2.05) is 0 Å². The van der Waals surface area contributed by atoms with Crippen LogP contribution in [0.25, 0.3) is 0 Å². The number of amides is 1. The zero-order valence-corrected chi connectivity index (χ0v) is 22.9. The minimum absolute atomic E-state index is 0.0423. The molecular weight excluding hydrogens is 557 g/mol. The van der Waals surface area contributed by atoms with Crippen LogP contribution in [0.15, 0.2) is 35.2 Å². The first-order valence-electron chi connectivity index (χ1n) is 12.0. The highest BCUT2D eigenvalue weighted by Crippen LogP contribution is 2.56. The minimum atomic E-state index is -4.81. The Kier molecular flexibility index (Phi) is 6.84. The van der Waals surface area contributed by atoms with E-state index in [0.29, 0.717) is 28.8 Å². The van der Waals surface area contributed by atoms with Gasteiger partial charge in [-0.2, -0.15) is 12.7 Å². The maximum atomic E-state index is 14.3. The summed E-state index contributed by atoms with van der Waals surface area (Å²) in [5.41, 5.74) is 0.172. The van der Waals surface area contributed by atoms with Gasteiger partial charge in [0.2, 0.25) is 0 Å². The van der Waals surface area contributed by atoms with Crippen LogP contribution in [-0.2, 0) is 33.8 Å². The molecule has 2 aliphatic carbocycles. The van der Waals surface area contributed by atoms with Gasteiger partial charge in [0.15, 0.2) is 0 Å². The van der Waals surface area contributed by atoms with Crippen molar-refractivity contribution in [2.24, 2.45) is 11.8 Å². The maximum absolute atomic E-state index is 14.3. The largest absolute Gasteiger partial charge is 0.492 e. The van der Waals surface area contributed by atoms with Crippen molar-refractivity contribution in [3.05, 3.63) is 52.8 Å². The highest BCUT2D eigenvalue weighted by atomic mass is 32.2. The summed E-state index contributed by atoms with van der Waals surface area (Å²) in [7, 11) is -6.44. The van der Waals surface area contributed by atoms with Gasteiger partial charge >= 0.3 is 12.1 Å². The second kappa shape index (κ2) is 9.75. The van der Waals surface area contributed by atoms with Gasteiger partial charge in [-0.15, -0.1) is 0 Å². The Hall–Kier alpha value is -3.23. The van der Waals surface area contributed by atoms with Crippen LogP contribution in [0.2, 0.25) is 0 Å². The third kappa shape index (κ3) is 5.08. The van der Waals surface area contributed by atoms with Crippen molar-refractivity contribution in [2.75, 3.05) is 38.0 Å². The standard InChI is InChI=1S/C25H26FNO10S2/c1-34-24(28)22-20(6-5-16-17-8-13(17)11-36-23(16)22)27(25(29)35-2)39(32,33)21-7-4-15(26)10-19(21)18-9-14(18)12-37-38(3,30)31/h4-7,10,13-14,17-18H,8-9,11-12H2,1-3H3/t13-,14+,17-,18+/m0/s1. The Morgan fingerprint density at radius 1 is 1.03 bits per heavy atom. The van der Waals surface area contributed by atoms with Crippen LogP contribution in [0.4, 0.5) is 14.9 Å². The van der Waals surface area contributed by atoms with Gasteiger partial charge < -0.3 is 14.2 Å². The van der Waals surface area contributed by atoms with Crippen molar-refractivity contribution in [1.29, 1.82) is 0 Å². The topological polar surface area (TPSA) is 143 Å². The summed E-state index contributed by atoms with van der Waals surface area (Å²) < 4.78 is 86.0. The van der Waals surface area contributed by atoms with Gasteiger partial charge in [0, 0.05) is 5.92 Å². The number of carbonyl (C=O) groups excluding carboxylic acids is 2. The number of sulfonamides is 1. The van der Waals surface area contributed by atoms with Gasteiger partial charge in [-0.1, -0.05) is 6.07 Å². The molecule has 0 radical (unpaired) electrons. The number of nitrogens with zero attached hydrogens (tertiary/aromatic N) is 1. The second-order valence-electron chi connectivity index (χ2n) is 9.80.